The van der Waals surface area contributed by atoms with Crippen molar-refractivity contribution in [2.75, 3.05) is 40.0 Å². The van der Waals surface area contributed by atoms with Crippen molar-refractivity contribution in [2.45, 2.75) is 26.3 Å². The number of nitrogens with two attached hydrogens (primary N) is 1. The van der Waals surface area contributed by atoms with E-state index in [0.717, 1.165) is 19.5 Å². The summed E-state index contributed by atoms with van der Waals surface area (Å²) in [5, 5.41) is 0. The van der Waals surface area contributed by atoms with Crippen molar-refractivity contribution in [3.8, 4) is 0 Å². The van der Waals surface area contributed by atoms with Gasteiger partial charge in [-0.05, 0) is 12.3 Å². The van der Waals surface area contributed by atoms with Gasteiger partial charge in [0.1, 0.15) is 0 Å². The van der Waals surface area contributed by atoms with Crippen LogP contribution >= 0.6 is 0 Å². The summed E-state index contributed by atoms with van der Waals surface area (Å²) < 4.78 is 10.4. The molecular weight excluding hydrogens is 232 g/mol. The monoisotopic (exact) mass is 258 g/mol. The number of rotatable bonds is 7. The zero-order valence-electron chi connectivity index (χ0n) is 11.7. The lowest BCUT2D eigenvalue weighted by Crippen LogP contribution is -2.45. The summed E-state index contributed by atoms with van der Waals surface area (Å²) in [6.07, 6.45) is 1.00. The Morgan fingerprint density at radius 2 is 2.17 bits per heavy atom. The third-order valence-electron chi connectivity index (χ3n) is 3.39. The van der Waals surface area contributed by atoms with E-state index in [0.29, 0.717) is 25.7 Å². The van der Waals surface area contributed by atoms with E-state index in [1.165, 1.54) is 0 Å². The lowest BCUT2D eigenvalue weighted by Gasteiger charge is -2.23. The van der Waals surface area contributed by atoms with Crippen LogP contribution in [-0.4, -0.2) is 56.9 Å². The predicted molar refractivity (Wildman–Crippen MR) is 70.2 cm³/mol. The number of carbonyl (C=O) groups excluding carboxylic acids is 1. The van der Waals surface area contributed by atoms with Gasteiger partial charge in [-0.25, -0.2) is 0 Å². The molecule has 0 aromatic carbocycles. The molecule has 0 bridgehead atoms. The average Bonchev–Trinajstić information content (AvgIpc) is 2.81. The second kappa shape index (κ2) is 7.71. The molecule has 2 N–H and O–H groups in total. The molecule has 5 nitrogen and oxygen atoms in total. The first kappa shape index (κ1) is 15.4. The number of carbonyl (C=O) groups is 1. The Morgan fingerprint density at radius 1 is 1.44 bits per heavy atom. The van der Waals surface area contributed by atoms with Crippen molar-refractivity contribution in [3.05, 3.63) is 0 Å². The van der Waals surface area contributed by atoms with Crippen LogP contribution in [0.2, 0.25) is 0 Å². The third kappa shape index (κ3) is 4.55. The molecule has 1 fully saturated rings. The molecule has 1 unspecified atom stereocenters. The zero-order valence-corrected chi connectivity index (χ0v) is 11.7. The van der Waals surface area contributed by atoms with Crippen molar-refractivity contribution in [3.63, 3.8) is 0 Å². The molecule has 1 aliphatic rings. The van der Waals surface area contributed by atoms with E-state index < -0.39 is 0 Å². The number of nitrogens with zero attached hydrogens (tertiary/aromatic N) is 1. The fraction of sp³-hybridized carbons (Fsp3) is 0.923. The second-order valence-corrected chi connectivity index (χ2v) is 5.28. The molecule has 106 valence electrons. The van der Waals surface area contributed by atoms with E-state index in [2.05, 4.69) is 0 Å². The highest BCUT2D eigenvalue weighted by Crippen LogP contribution is 2.18. The normalized spacial score (nSPS) is 21.6. The van der Waals surface area contributed by atoms with Crippen molar-refractivity contribution in [1.29, 1.82) is 0 Å². The molecular formula is C13H26N2O3. The molecule has 2 atom stereocenters. The van der Waals surface area contributed by atoms with Gasteiger partial charge in [0.05, 0.1) is 25.9 Å². The smallest absolute Gasteiger partial charge is 0.239 e. The molecule has 0 radical (unpaired) electrons. The van der Waals surface area contributed by atoms with Crippen molar-refractivity contribution in [2.24, 2.45) is 17.6 Å². The quantitative estimate of drug-likeness (QED) is 0.675. The van der Waals surface area contributed by atoms with Crippen LogP contribution in [0.1, 0.15) is 20.3 Å². The van der Waals surface area contributed by atoms with Crippen LogP contribution in [0.15, 0.2) is 0 Å². The molecule has 1 rings (SSSR count). The first-order valence-electron chi connectivity index (χ1n) is 6.67. The van der Waals surface area contributed by atoms with Gasteiger partial charge >= 0.3 is 0 Å². The summed E-state index contributed by atoms with van der Waals surface area (Å²) in [5.74, 6) is 0.698. The third-order valence-corrected chi connectivity index (χ3v) is 3.39. The largest absolute Gasteiger partial charge is 0.382 e. The summed E-state index contributed by atoms with van der Waals surface area (Å²) >= 11 is 0. The van der Waals surface area contributed by atoms with E-state index in [1.54, 1.807) is 7.11 Å². The minimum atomic E-state index is -0.377. The maximum atomic E-state index is 12.0. The van der Waals surface area contributed by atoms with E-state index in [9.17, 15) is 4.79 Å². The Balaban J connectivity index is 2.26. The minimum absolute atomic E-state index is 0.0735. The summed E-state index contributed by atoms with van der Waals surface area (Å²) in [6.45, 7) is 7.46. The first-order valence-corrected chi connectivity index (χ1v) is 6.67. The molecule has 0 aliphatic carbocycles. The maximum Gasteiger partial charge on any atom is 0.239 e. The molecule has 1 aliphatic heterocycles. The molecule has 1 saturated heterocycles. The molecule has 0 aromatic rings. The second-order valence-electron chi connectivity index (χ2n) is 5.28. The van der Waals surface area contributed by atoms with E-state index in [-0.39, 0.29) is 17.9 Å². The number of hydrogen-bond donors (Lipinski definition) is 1. The van der Waals surface area contributed by atoms with Crippen LogP contribution in [0, 0.1) is 11.8 Å². The Kier molecular flexibility index (Phi) is 6.60. The number of amides is 1. The van der Waals surface area contributed by atoms with Crippen LogP contribution in [-0.2, 0) is 14.3 Å². The topological polar surface area (TPSA) is 64.8 Å². The predicted octanol–water partition coefficient (Wildman–Crippen LogP) is 0.481. The standard InChI is InChI=1S/C13H26N2O3/c1-10(2)12(14)13(16)15-5-4-11(8-15)9-18-7-6-17-3/h10-12H,4-9,14H2,1-3H3/t11?,12-/m0/s1. The Labute approximate surface area is 110 Å². The maximum absolute atomic E-state index is 12.0. The molecule has 1 heterocycles. The molecule has 1 amide bonds. The summed E-state index contributed by atoms with van der Waals surface area (Å²) in [7, 11) is 1.66. The van der Waals surface area contributed by atoms with Crippen molar-refractivity contribution < 1.29 is 14.3 Å². The van der Waals surface area contributed by atoms with Crippen LogP contribution in [0.3, 0.4) is 0 Å². The van der Waals surface area contributed by atoms with Gasteiger partial charge in [-0.1, -0.05) is 13.8 Å². The highest BCUT2D eigenvalue weighted by Gasteiger charge is 2.30. The van der Waals surface area contributed by atoms with Gasteiger partial charge < -0.3 is 20.1 Å². The zero-order chi connectivity index (χ0) is 13.5. The Morgan fingerprint density at radius 3 is 2.78 bits per heavy atom. The van der Waals surface area contributed by atoms with Gasteiger partial charge in [0.2, 0.25) is 5.91 Å². The van der Waals surface area contributed by atoms with Crippen LogP contribution in [0.25, 0.3) is 0 Å². The number of methoxy groups -OCH3 is 1. The van der Waals surface area contributed by atoms with Gasteiger partial charge in [0, 0.05) is 26.1 Å². The lowest BCUT2D eigenvalue weighted by atomic mass is 10.0. The molecule has 0 aromatic heterocycles. The fourth-order valence-electron chi connectivity index (χ4n) is 2.06. The number of ether oxygens (including phenoxy) is 2. The van der Waals surface area contributed by atoms with Gasteiger partial charge in [0.25, 0.3) is 0 Å². The van der Waals surface area contributed by atoms with E-state index in [4.69, 9.17) is 15.2 Å². The number of hydrogen-bond acceptors (Lipinski definition) is 4. The first-order chi connectivity index (χ1) is 8.56. The summed E-state index contributed by atoms with van der Waals surface area (Å²) in [4.78, 5) is 13.9. The van der Waals surface area contributed by atoms with Crippen molar-refractivity contribution >= 4 is 5.91 Å². The van der Waals surface area contributed by atoms with Crippen LogP contribution in [0.4, 0.5) is 0 Å². The van der Waals surface area contributed by atoms with E-state index >= 15 is 0 Å². The van der Waals surface area contributed by atoms with Crippen LogP contribution in [0.5, 0.6) is 0 Å². The Hall–Kier alpha value is -0.650. The van der Waals surface area contributed by atoms with Gasteiger partial charge in [-0.15, -0.1) is 0 Å². The fourth-order valence-corrected chi connectivity index (χ4v) is 2.06. The average molecular weight is 258 g/mol. The summed E-state index contributed by atoms with van der Waals surface area (Å²) in [5.41, 5.74) is 5.89. The van der Waals surface area contributed by atoms with Crippen molar-refractivity contribution in [1.82, 2.24) is 4.90 Å². The SMILES string of the molecule is COCCOCC1CCN(C(=O)[C@@H](N)C(C)C)C1. The number of likely N-dealkylation sites (tertiary alicyclic amines) is 1. The van der Waals surface area contributed by atoms with Gasteiger partial charge in [-0.2, -0.15) is 0 Å². The highest BCUT2D eigenvalue weighted by atomic mass is 16.5. The highest BCUT2D eigenvalue weighted by molar-refractivity contribution is 5.82. The molecule has 5 heteroatoms. The molecule has 0 saturated carbocycles. The van der Waals surface area contributed by atoms with Crippen LogP contribution < -0.4 is 5.73 Å². The lowest BCUT2D eigenvalue weighted by molar-refractivity contribution is -0.132. The summed E-state index contributed by atoms with van der Waals surface area (Å²) in [6, 6.07) is -0.377. The minimum Gasteiger partial charge on any atom is -0.382 e. The van der Waals surface area contributed by atoms with Gasteiger partial charge in [0.15, 0.2) is 0 Å². The molecule has 0 spiro atoms. The Bertz CT molecular complexity index is 259. The molecule has 18 heavy (non-hydrogen) atoms. The van der Waals surface area contributed by atoms with Gasteiger partial charge in [-0.3, -0.25) is 4.79 Å². The van der Waals surface area contributed by atoms with E-state index in [1.807, 2.05) is 18.7 Å².